The van der Waals surface area contributed by atoms with Gasteiger partial charge in [-0.05, 0) is 77.9 Å². The Labute approximate surface area is 158 Å². The Morgan fingerprint density at radius 3 is 2.33 bits per heavy atom. The van der Waals surface area contributed by atoms with Crippen molar-refractivity contribution in [3.8, 4) is 0 Å². The predicted molar refractivity (Wildman–Crippen MR) is 104 cm³/mol. The van der Waals surface area contributed by atoms with E-state index in [1.54, 1.807) is 6.07 Å². The van der Waals surface area contributed by atoms with Crippen LogP contribution < -0.4 is 10.2 Å². The van der Waals surface area contributed by atoms with E-state index in [0.717, 1.165) is 19.6 Å². The summed E-state index contributed by atoms with van der Waals surface area (Å²) in [6, 6.07) is 13.0. The molecule has 0 radical (unpaired) electrons. The first-order chi connectivity index (χ1) is 11.4. The number of carbonyl (C=O) groups is 2. The second-order valence-electron chi connectivity index (χ2n) is 5.49. The summed E-state index contributed by atoms with van der Waals surface area (Å²) in [5.74, 6) is -0.958. The average Bonchev–Trinajstić information content (AvgIpc) is 2.76. The molecule has 1 aliphatic rings. The quantitative estimate of drug-likeness (QED) is 0.557. The molecule has 0 unspecified atom stereocenters. The van der Waals surface area contributed by atoms with Crippen LogP contribution in [0.25, 0.3) is 0 Å². The van der Waals surface area contributed by atoms with Gasteiger partial charge < -0.3 is 5.32 Å². The minimum Gasteiger partial charge on any atom is -0.350 e. The minimum atomic E-state index is -0.511. The predicted octanol–water partition coefficient (Wildman–Crippen LogP) is 4.34. The average molecular weight is 453 g/mol. The van der Waals surface area contributed by atoms with Crippen LogP contribution >= 0.6 is 34.2 Å². The molecule has 0 aromatic heterocycles. The Hall–Kier alpha value is -1.86. The van der Waals surface area contributed by atoms with Crippen molar-refractivity contribution >= 4 is 57.4 Å². The lowest BCUT2D eigenvalue weighted by molar-refractivity contribution is -0.120. The van der Waals surface area contributed by atoms with E-state index in [1.165, 1.54) is 0 Å². The summed E-state index contributed by atoms with van der Waals surface area (Å²) in [6.07, 6.45) is 0. The van der Waals surface area contributed by atoms with E-state index in [-0.39, 0.29) is 10.7 Å². The molecule has 0 bridgehead atoms. The van der Waals surface area contributed by atoms with Crippen LogP contribution in [-0.2, 0) is 9.59 Å². The Kier molecular flexibility index (Phi) is 4.64. The zero-order chi connectivity index (χ0) is 17.4. The smallest absolute Gasteiger partial charge is 0.283 e. The lowest BCUT2D eigenvalue weighted by atomic mass is 10.1. The molecule has 0 aliphatic carbocycles. The molecule has 1 heterocycles. The van der Waals surface area contributed by atoms with Gasteiger partial charge in [0.15, 0.2) is 0 Å². The molecule has 6 heteroatoms. The number of carbonyl (C=O) groups excluding carboxylic acids is 2. The number of hydrogen-bond donors (Lipinski definition) is 1. The SMILES string of the molecule is Cc1cccc(N2C(=O)C(Cl)=C(Nc3ccc(I)cc3)C2=O)c1C. The highest BCUT2D eigenvalue weighted by molar-refractivity contribution is 14.1. The van der Waals surface area contributed by atoms with Crippen LogP contribution in [0.15, 0.2) is 53.2 Å². The molecule has 0 atom stereocenters. The van der Waals surface area contributed by atoms with Crippen molar-refractivity contribution < 1.29 is 9.59 Å². The summed E-state index contributed by atoms with van der Waals surface area (Å²) < 4.78 is 1.07. The van der Waals surface area contributed by atoms with Gasteiger partial charge in [0, 0.05) is 9.26 Å². The molecule has 0 saturated heterocycles. The second-order valence-corrected chi connectivity index (χ2v) is 7.11. The number of rotatable bonds is 3. The molecule has 4 nitrogen and oxygen atoms in total. The number of aryl methyl sites for hydroxylation is 1. The summed E-state index contributed by atoms with van der Waals surface area (Å²) >= 11 is 8.34. The summed E-state index contributed by atoms with van der Waals surface area (Å²) in [5, 5.41) is 2.87. The van der Waals surface area contributed by atoms with Gasteiger partial charge in [0.05, 0.1) is 5.69 Å². The van der Waals surface area contributed by atoms with E-state index in [0.29, 0.717) is 11.4 Å². The molecule has 0 saturated carbocycles. The first kappa shape index (κ1) is 17.0. The Morgan fingerprint density at radius 2 is 1.67 bits per heavy atom. The van der Waals surface area contributed by atoms with Crippen LogP contribution in [0.3, 0.4) is 0 Å². The molecular formula is C18H14ClIN2O2. The first-order valence-corrected chi connectivity index (χ1v) is 8.73. The minimum absolute atomic E-state index is 0.0977. The van der Waals surface area contributed by atoms with Gasteiger partial charge in [-0.2, -0.15) is 0 Å². The van der Waals surface area contributed by atoms with Crippen LogP contribution in [-0.4, -0.2) is 11.8 Å². The number of nitrogens with zero attached hydrogens (tertiary/aromatic N) is 1. The summed E-state index contributed by atoms with van der Waals surface area (Å²) in [4.78, 5) is 26.4. The highest BCUT2D eigenvalue weighted by Gasteiger charge is 2.39. The Bertz CT molecular complexity index is 875. The largest absolute Gasteiger partial charge is 0.350 e. The van der Waals surface area contributed by atoms with E-state index >= 15 is 0 Å². The maximum absolute atomic E-state index is 12.8. The van der Waals surface area contributed by atoms with Gasteiger partial charge in [0.25, 0.3) is 11.8 Å². The molecule has 0 spiro atoms. The van der Waals surface area contributed by atoms with Gasteiger partial charge in [0.2, 0.25) is 0 Å². The summed E-state index contributed by atoms with van der Waals surface area (Å²) in [7, 11) is 0. The van der Waals surface area contributed by atoms with Crippen molar-refractivity contribution in [2.45, 2.75) is 13.8 Å². The fraction of sp³-hybridized carbons (Fsp3) is 0.111. The molecule has 2 aromatic carbocycles. The van der Waals surface area contributed by atoms with Gasteiger partial charge in [-0.1, -0.05) is 23.7 Å². The maximum atomic E-state index is 12.8. The van der Waals surface area contributed by atoms with Crippen molar-refractivity contribution in [2.24, 2.45) is 0 Å². The topological polar surface area (TPSA) is 49.4 Å². The van der Waals surface area contributed by atoms with E-state index in [2.05, 4.69) is 27.9 Å². The Balaban J connectivity index is 1.95. The summed E-state index contributed by atoms with van der Waals surface area (Å²) in [5.41, 5.74) is 3.24. The number of imide groups is 1. The third-order valence-electron chi connectivity index (χ3n) is 3.96. The van der Waals surface area contributed by atoms with Crippen molar-refractivity contribution in [2.75, 3.05) is 10.2 Å². The molecule has 2 aromatic rings. The number of anilines is 2. The third-order valence-corrected chi connectivity index (χ3v) is 5.03. The van der Waals surface area contributed by atoms with Gasteiger partial charge in [-0.3, -0.25) is 9.59 Å². The molecule has 1 aliphatic heterocycles. The molecule has 2 amide bonds. The van der Waals surface area contributed by atoms with E-state index in [9.17, 15) is 9.59 Å². The van der Waals surface area contributed by atoms with Crippen molar-refractivity contribution in [3.63, 3.8) is 0 Å². The number of hydrogen-bond acceptors (Lipinski definition) is 3. The van der Waals surface area contributed by atoms with Crippen LogP contribution in [0.1, 0.15) is 11.1 Å². The van der Waals surface area contributed by atoms with E-state index < -0.39 is 11.8 Å². The highest BCUT2D eigenvalue weighted by Crippen LogP contribution is 2.32. The van der Waals surface area contributed by atoms with Crippen LogP contribution in [0, 0.1) is 17.4 Å². The second kappa shape index (κ2) is 6.57. The van der Waals surface area contributed by atoms with Crippen molar-refractivity contribution in [1.82, 2.24) is 0 Å². The zero-order valence-electron chi connectivity index (χ0n) is 13.1. The van der Waals surface area contributed by atoms with Gasteiger partial charge in [-0.25, -0.2) is 4.90 Å². The van der Waals surface area contributed by atoms with Crippen LogP contribution in [0.2, 0.25) is 0 Å². The van der Waals surface area contributed by atoms with Crippen molar-refractivity contribution in [3.05, 3.63) is 67.9 Å². The van der Waals surface area contributed by atoms with Gasteiger partial charge in [-0.15, -0.1) is 0 Å². The van der Waals surface area contributed by atoms with Crippen LogP contribution in [0.5, 0.6) is 0 Å². The molecule has 122 valence electrons. The normalized spacial score (nSPS) is 14.6. The number of halogens is 2. The number of nitrogens with one attached hydrogen (secondary N) is 1. The van der Waals surface area contributed by atoms with Crippen LogP contribution in [0.4, 0.5) is 11.4 Å². The third kappa shape index (κ3) is 2.93. The number of amides is 2. The fourth-order valence-electron chi connectivity index (χ4n) is 2.49. The van der Waals surface area contributed by atoms with Gasteiger partial charge >= 0.3 is 0 Å². The van der Waals surface area contributed by atoms with Gasteiger partial charge in [0.1, 0.15) is 10.7 Å². The molecule has 0 fully saturated rings. The fourth-order valence-corrected chi connectivity index (χ4v) is 3.06. The molecule has 24 heavy (non-hydrogen) atoms. The number of benzene rings is 2. The zero-order valence-corrected chi connectivity index (χ0v) is 16.0. The van der Waals surface area contributed by atoms with E-state index in [1.807, 2.05) is 50.2 Å². The lowest BCUT2D eigenvalue weighted by Crippen LogP contribution is -2.33. The molecule has 3 rings (SSSR count). The Morgan fingerprint density at radius 1 is 1.00 bits per heavy atom. The van der Waals surface area contributed by atoms with E-state index in [4.69, 9.17) is 11.6 Å². The molecular weight excluding hydrogens is 439 g/mol. The maximum Gasteiger partial charge on any atom is 0.283 e. The molecule has 1 N–H and O–H groups in total. The lowest BCUT2D eigenvalue weighted by Gasteiger charge is -2.18. The highest BCUT2D eigenvalue weighted by atomic mass is 127. The monoisotopic (exact) mass is 452 g/mol. The summed E-state index contributed by atoms with van der Waals surface area (Å²) in [6.45, 7) is 3.81. The standard InChI is InChI=1S/C18H14ClIN2O2/c1-10-4-3-5-14(11(10)2)22-17(23)15(19)16(18(22)24)21-13-8-6-12(20)7-9-13/h3-9,21H,1-2H3. The van der Waals surface area contributed by atoms with Crippen molar-refractivity contribution in [1.29, 1.82) is 0 Å². The first-order valence-electron chi connectivity index (χ1n) is 7.27.